The van der Waals surface area contributed by atoms with E-state index in [9.17, 15) is 0 Å². The molecule has 0 aliphatic rings. The van der Waals surface area contributed by atoms with Gasteiger partial charge in [0.25, 0.3) is 0 Å². The minimum Gasteiger partial charge on any atom is -0.497 e. The first-order valence-electron chi connectivity index (χ1n) is 7.15. The minimum absolute atomic E-state index is 0.0384. The lowest BCUT2D eigenvalue weighted by molar-refractivity contribution is 0.388. The van der Waals surface area contributed by atoms with E-state index in [0.717, 1.165) is 35.6 Å². The molecule has 0 radical (unpaired) electrons. The van der Waals surface area contributed by atoms with Crippen molar-refractivity contribution in [3.05, 3.63) is 41.7 Å². The number of benzene rings is 1. The fourth-order valence-electron chi connectivity index (χ4n) is 2.44. The lowest BCUT2D eigenvalue weighted by Gasteiger charge is -2.18. The summed E-state index contributed by atoms with van der Waals surface area (Å²) in [5.41, 5.74) is 2.19. The van der Waals surface area contributed by atoms with Crippen LogP contribution in [-0.4, -0.2) is 31.0 Å². The van der Waals surface area contributed by atoms with Crippen LogP contribution in [0.5, 0.6) is 11.5 Å². The van der Waals surface area contributed by atoms with Gasteiger partial charge >= 0.3 is 0 Å². The second-order valence-electron chi connectivity index (χ2n) is 4.87. The lowest BCUT2D eigenvalue weighted by Crippen LogP contribution is -2.18. The number of nitrogens with zero attached hydrogens (tertiary/aromatic N) is 2. The van der Waals surface area contributed by atoms with E-state index in [4.69, 9.17) is 9.47 Å². The summed E-state index contributed by atoms with van der Waals surface area (Å²) >= 11 is 0. The molecule has 0 bridgehead atoms. The summed E-state index contributed by atoms with van der Waals surface area (Å²) in [6, 6.07) is 5.90. The summed E-state index contributed by atoms with van der Waals surface area (Å²) in [5, 5.41) is 7.73. The van der Waals surface area contributed by atoms with E-state index in [1.807, 2.05) is 36.1 Å². The van der Waals surface area contributed by atoms with Crippen LogP contribution in [0.25, 0.3) is 0 Å². The predicted molar refractivity (Wildman–Crippen MR) is 83.0 cm³/mol. The smallest absolute Gasteiger partial charge is 0.127 e. The molecular weight excluding hydrogens is 266 g/mol. The van der Waals surface area contributed by atoms with Gasteiger partial charge in [0, 0.05) is 29.9 Å². The largest absolute Gasteiger partial charge is 0.497 e. The molecule has 0 aliphatic heterocycles. The highest BCUT2D eigenvalue weighted by molar-refractivity contribution is 5.45. The molecular formula is C16H23N3O2. The molecule has 1 unspecified atom stereocenters. The van der Waals surface area contributed by atoms with E-state index in [0.29, 0.717) is 0 Å². The van der Waals surface area contributed by atoms with Crippen LogP contribution in [0.2, 0.25) is 0 Å². The van der Waals surface area contributed by atoms with Crippen molar-refractivity contribution in [2.45, 2.75) is 25.9 Å². The molecule has 0 spiro atoms. The van der Waals surface area contributed by atoms with Gasteiger partial charge in [-0.1, -0.05) is 6.92 Å². The SMILES string of the molecule is CCCn1cc(C(NC)c2ccc(OC)cc2OC)cn1. The van der Waals surface area contributed by atoms with Gasteiger partial charge in [0.2, 0.25) is 0 Å². The molecule has 21 heavy (non-hydrogen) atoms. The van der Waals surface area contributed by atoms with Gasteiger partial charge in [-0.25, -0.2) is 0 Å². The van der Waals surface area contributed by atoms with Crippen LogP contribution < -0.4 is 14.8 Å². The number of hydrogen-bond donors (Lipinski definition) is 1. The number of ether oxygens (including phenoxy) is 2. The Kier molecular flexibility index (Phi) is 5.22. The van der Waals surface area contributed by atoms with Crippen LogP contribution in [0.1, 0.15) is 30.5 Å². The number of rotatable bonds is 7. The van der Waals surface area contributed by atoms with Crippen molar-refractivity contribution in [1.29, 1.82) is 0 Å². The summed E-state index contributed by atoms with van der Waals surface area (Å²) in [5.74, 6) is 1.59. The zero-order valence-electron chi connectivity index (χ0n) is 13.1. The maximum atomic E-state index is 5.50. The van der Waals surface area contributed by atoms with Crippen molar-refractivity contribution in [1.82, 2.24) is 15.1 Å². The summed E-state index contributed by atoms with van der Waals surface area (Å²) in [7, 11) is 5.26. The fourth-order valence-corrected chi connectivity index (χ4v) is 2.44. The average Bonchev–Trinajstić information content (AvgIpc) is 2.97. The first kappa shape index (κ1) is 15.4. The third-order valence-corrected chi connectivity index (χ3v) is 3.48. The van der Waals surface area contributed by atoms with Crippen molar-refractivity contribution < 1.29 is 9.47 Å². The molecule has 5 nitrogen and oxygen atoms in total. The number of methoxy groups -OCH3 is 2. The number of aromatic nitrogens is 2. The van der Waals surface area contributed by atoms with E-state index >= 15 is 0 Å². The van der Waals surface area contributed by atoms with Gasteiger partial charge in [0.1, 0.15) is 11.5 Å². The van der Waals surface area contributed by atoms with Gasteiger partial charge in [-0.15, -0.1) is 0 Å². The first-order valence-corrected chi connectivity index (χ1v) is 7.15. The van der Waals surface area contributed by atoms with Crippen molar-refractivity contribution in [2.24, 2.45) is 0 Å². The van der Waals surface area contributed by atoms with Gasteiger partial charge in [0.05, 0.1) is 26.5 Å². The second kappa shape index (κ2) is 7.13. The quantitative estimate of drug-likeness (QED) is 0.851. The third kappa shape index (κ3) is 3.36. The summed E-state index contributed by atoms with van der Waals surface area (Å²) < 4.78 is 12.7. The molecule has 1 aromatic carbocycles. The number of aryl methyl sites for hydroxylation is 1. The molecule has 0 fully saturated rings. The van der Waals surface area contributed by atoms with Crippen LogP contribution in [0.3, 0.4) is 0 Å². The minimum atomic E-state index is 0.0384. The highest BCUT2D eigenvalue weighted by atomic mass is 16.5. The first-order chi connectivity index (χ1) is 10.2. The molecule has 0 amide bonds. The summed E-state index contributed by atoms with van der Waals surface area (Å²) in [6.07, 6.45) is 5.05. The molecule has 1 atom stereocenters. The highest BCUT2D eigenvalue weighted by Gasteiger charge is 2.18. The fraction of sp³-hybridized carbons (Fsp3) is 0.438. The standard InChI is InChI=1S/C16H23N3O2/c1-5-8-19-11-12(10-18-19)16(17-2)14-7-6-13(20-3)9-15(14)21-4/h6-7,9-11,16-17H,5,8H2,1-4H3. The van der Waals surface area contributed by atoms with Crippen molar-refractivity contribution in [2.75, 3.05) is 21.3 Å². The van der Waals surface area contributed by atoms with E-state index < -0.39 is 0 Å². The maximum absolute atomic E-state index is 5.50. The Balaban J connectivity index is 2.35. The average molecular weight is 289 g/mol. The van der Waals surface area contributed by atoms with Gasteiger partial charge < -0.3 is 14.8 Å². The van der Waals surface area contributed by atoms with E-state index in [2.05, 4.69) is 23.5 Å². The molecule has 0 aliphatic carbocycles. The van der Waals surface area contributed by atoms with E-state index in [-0.39, 0.29) is 6.04 Å². The highest BCUT2D eigenvalue weighted by Crippen LogP contribution is 2.32. The predicted octanol–water partition coefficient (Wildman–Crippen LogP) is 2.62. The third-order valence-electron chi connectivity index (χ3n) is 3.48. The molecule has 0 saturated carbocycles. The Labute approximate surface area is 125 Å². The Morgan fingerprint density at radius 2 is 2.10 bits per heavy atom. The number of nitrogens with one attached hydrogen (secondary N) is 1. The Morgan fingerprint density at radius 3 is 2.71 bits per heavy atom. The van der Waals surface area contributed by atoms with Crippen LogP contribution in [-0.2, 0) is 6.54 Å². The molecule has 1 N–H and O–H groups in total. The molecule has 1 aromatic heterocycles. The van der Waals surface area contributed by atoms with Gasteiger partial charge in [0.15, 0.2) is 0 Å². The zero-order chi connectivity index (χ0) is 15.2. The Morgan fingerprint density at radius 1 is 1.29 bits per heavy atom. The van der Waals surface area contributed by atoms with E-state index in [1.165, 1.54) is 0 Å². The molecule has 1 heterocycles. The van der Waals surface area contributed by atoms with Crippen LogP contribution in [0.15, 0.2) is 30.6 Å². The summed E-state index contributed by atoms with van der Waals surface area (Å²) in [4.78, 5) is 0. The van der Waals surface area contributed by atoms with Gasteiger partial charge in [-0.05, 0) is 25.6 Å². The monoisotopic (exact) mass is 289 g/mol. The lowest BCUT2D eigenvalue weighted by atomic mass is 10.0. The van der Waals surface area contributed by atoms with Crippen molar-refractivity contribution >= 4 is 0 Å². The normalized spacial score (nSPS) is 12.2. The molecule has 2 rings (SSSR count). The zero-order valence-corrected chi connectivity index (χ0v) is 13.1. The number of hydrogen-bond acceptors (Lipinski definition) is 4. The van der Waals surface area contributed by atoms with Crippen molar-refractivity contribution in [3.8, 4) is 11.5 Å². The summed E-state index contributed by atoms with van der Waals surface area (Å²) in [6.45, 7) is 3.07. The van der Waals surface area contributed by atoms with Gasteiger partial charge in [-0.3, -0.25) is 4.68 Å². The van der Waals surface area contributed by atoms with Crippen LogP contribution in [0, 0.1) is 0 Å². The van der Waals surface area contributed by atoms with E-state index in [1.54, 1.807) is 14.2 Å². The Hall–Kier alpha value is -2.01. The van der Waals surface area contributed by atoms with Crippen molar-refractivity contribution in [3.63, 3.8) is 0 Å². The molecule has 114 valence electrons. The molecule has 5 heteroatoms. The Bertz CT molecular complexity index is 581. The second-order valence-corrected chi connectivity index (χ2v) is 4.87. The topological polar surface area (TPSA) is 48.3 Å². The maximum Gasteiger partial charge on any atom is 0.127 e. The molecule has 2 aromatic rings. The molecule has 0 saturated heterocycles. The van der Waals surface area contributed by atoms with Crippen LogP contribution >= 0.6 is 0 Å². The van der Waals surface area contributed by atoms with Gasteiger partial charge in [-0.2, -0.15) is 5.10 Å². The van der Waals surface area contributed by atoms with Crippen LogP contribution in [0.4, 0.5) is 0 Å².